The third kappa shape index (κ3) is 3.12. The molecule has 2 atom stereocenters. The van der Waals surface area contributed by atoms with Gasteiger partial charge in [0.05, 0.1) is 0 Å². The highest BCUT2D eigenvalue weighted by molar-refractivity contribution is 6.82. The Hall–Kier alpha value is -1.59. The lowest BCUT2D eigenvalue weighted by Crippen LogP contribution is -2.51. The Morgan fingerprint density at radius 2 is 1.50 bits per heavy atom. The van der Waals surface area contributed by atoms with Crippen LogP contribution in [0, 0.1) is 0 Å². The maximum atomic E-state index is 11.5. The summed E-state index contributed by atoms with van der Waals surface area (Å²) in [7, 11) is -1.93. The van der Waals surface area contributed by atoms with Crippen LogP contribution in [0.2, 0.25) is 16.6 Å². The van der Waals surface area contributed by atoms with Gasteiger partial charge in [0.15, 0.2) is 8.24 Å². The van der Waals surface area contributed by atoms with E-state index < -0.39 is 20.2 Å². The molecule has 0 saturated heterocycles. The molecule has 0 spiro atoms. The third-order valence-electron chi connectivity index (χ3n) is 6.25. The highest BCUT2D eigenvalue weighted by Gasteiger charge is 2.46. The molecule has 2 rings (SSSR count). The fraction of sp³-hybridized carbons (Fsp3) is 0.571. The number of aromatic nitrogens is 1. The minimum absolute atomic E-state index is 0.239. The van der Waals surface area contributed by atoms with Gasteiger partial charge >= 0.3 is 5.97 Å². The summed E-state index contributed by atoms with van der Waals surface area (Å²) in [6.07, 6.45) is 2.23. The Labute approximate surface area is 158 Å². The van der Waals surface area contributed by atoms with Gasteiger partial charge in [-0.25, -0.2) is 0 Å². The normalized spacial score (nSPS) is 15.2. The van der Waals surface area contributed by atoms with Crippen LogP contribution in [0.5, 0.6) is 0 Å². The second-order valence-electron chi connectivity index (χ2n) is 8.48. The van der Waals surface area contributed by atoms with E-state index in [0.717, 1.165) is 10.9 Å². The molecule has 5 heteroatoms. The Kier molecular flexibility index (Phi) is 6.03. The second kappa shape index (κ2) is 7.57. The fourth-order valence-electron chi connectivity index (χ4n) is 5.13. The SMILES string of the molecule is CC(C)[Si](C(C)C)(C(C)C)n1cc([C@@H](C)[C@H](N)C(=O)O)c2ccccc21. The van der Waals surface area contributed by atoms with Crippen molar-refractivity contribution in [1.82, 2.24) is 4.23 Å². The highest BCUT2D eigenvalue weighted by Crippen LogP contribution is 2.45. The largest absolute Gasteiger partial charge is 0.480 e. The van der Waals surface area contributed by atoms with Crippen molar-refractivity contribution in [2.24, 2.45) is 5.73 Å². The quantitative estimate of drug-likeness (QED) is 0.656. The molecule has 3 N–H and O–H groups in total. The average Bonchev–Trinajstić information content (AvgIpc) is 2.93. The molecule has 1 aromatic carbocycles. The first-order valence-electron chi connectivity index (χ1n) is 9.65. The zero-order chi connectivity index (χ0) is 19.8. The molecule has 0 aliphatic heterocycles. The first-order chi connectivity index (χ1) is 12.1. The van der Waals surface area contributed by atoms with Gasteiger partial charge < -0.3 is 15.1 Å². The van der Waals surface area contributed by atoms with Crippen LogP contribution in [-0.2, 0) is 4.79 Å². The number of fused-ring (bicyclic) bond motifs is 1. The van der Waals surface area contributed by atoms with Crippen LogP contribution in [0.1, 0.15) is 59.9 Å². The lowest BCUT2D eigenvalue weighted by Gasteiger charge is -2.44. The summed E-state index contributed by atoms with van der Waals surface area (Å²) in [4.78, 5) is 11.5. The van der Waals surface area contributed by atoms with E-state index in [1.54, 1.807) is 0 Å². The molecule has 0 bridgehead atoms. The van der Waals surface area contributed by atoms with Gasteiger partial charge in [0.2, 0.25) is 0 Å². The predicted molar refractivity (Wildman–Crippen MR) is 112 cm³/mol. The number of aliphatic carboxylic acids is 1. The third-order valence-corrected chi connectivity index (χ3v) is 13.0. The zero-order valence-electron chi connectivity index (χ0n) is 17.2. The molecule has 0 aliphatic carbocycles. The Bertz CT molecular complexity index is 758. The van der Waals surface area contributed by atoms with Gasteiger partial charge in [0, 0.05) is 16.8 Å². The fourth-order valence-corrected chi connectivity index (χ4v) is 11.8. The van der Waals surface area contributed by atoms with Gasteiger partial charge in [-0.3, -0.25) is 4.79 Å². The van der Waals surface area contributed by atoms with Gasteiger partial charge in [0.1, 0.15) is 6.04 Å². The summed E-state index contributed by atoms with van der Waals surface area (Å²) in [6.45, 7) is 16.0. The summed E-state index contributed by atoms with van der Waals surface area (Å²) in [5, 5.41) is 10.5. The van der Waals surface area contributed by atoms with Crippen LogP contribution >= 0.6 is 0 Å². The van der Waals surface area contributed by atoms with Crippen molar-refractivity contribution < 1.29 is 9.90 Å². The van der Waals surface area contributed by atoms with E-state index in [-0.39, 0.29) is 5.92 Å². The van der Waals surface area contributed by atoms with Crippen molar-refractivity contribution >= 4 is 25.1 Å². The summed E-state index contributed by atoms with van der Waals surface area (Å²) < 4.78 is 2.54. The average molecular weight is 375 g/mol. The smallest absolute Gasteiger partial charge is 0.321 e. The number of carboxylic acid groups (broad SMARTS) is 1. The van der Waals surface area contributed by atoms with E-state index in [9.17, 15) is 9.90 Å². The lowest BCUT2D eigenvalue weighted by atomic mass is 9.93. The highest BCUT2D eigenvalue weighted by atomic mass is 28.3. The Morgan fingerprint density at radius 3 is 1.96 bits per heavy atom. The van der Waals surface area contributed by atoms with Crippen LogP contribution < -0.4 is 5.73 Å². The number of hydrogen-bond donors (Lipinski definition) is 2. The van der Waals surface area contributed by atoms with E-state index in [2.05, 4.69) is 70.2 Å². The molecule has 26 heavy (non-hydrogen) atoms. The van der Waals surface area contributed by atoms with Crippen molar-refractivity contribution in [3.05, 3.63) is 36.0 Å². The minimum Gasteiger partial charge on any atom is -0.480 e. The Morgan fingerprint density at radius 1 is 1.00 bits per heavy atom. The molecule has 0 unspecified atom stereocenters. The van der Waals surface area contributed by atoms with E-state index in [1.807, 2.05) is 13.0 Å². The van der Waals surface area contributed by atoms with Crippen molar-refractivity contribution in [3.63, 3.8) is 0 Å². The van der Waals surface area contributed by atoms with E-state index >= 15 is 0 Å². The molecule has 0 fully saturated rings. The number of para-hydroxylation sites is 1. The number of carbonyl (C=O) groups is 1. The first kappa shape index (κ1) is 20.7. The number of hydrogen-bond acceptors (Lipinski definition) is 2. The van der Waals surface area contributed by atoms with Gasteiger partial charge in [-0.2, -0.15) is 0 Å². The summed E-state index contributed by atoms with van der Waals surface area (Å²) in [5.41, 5.74) is 9.94. The number of nitrogens with two attached hydrogens (primary N) is 1. The van der Waals surface area contributed by atoms with Crippen molar-refractivity contribution in [2.45, 2.75) is 77.0 Å². The second-order valence-corrected chi connectivity index (χ2v) is 14.2. The topological polar surface area (TPSA) is 68.2 Å². The van der Waals surface area contributed by atoms with E-state index in [4.69, 9.17) is 5.73 Å². The molecule has 2 aromatic rings. The minimum atomic E-state index is -1.93. The molecule has 0 aliphatic rings. The van der Waals surface area contributed by atoms with Crippen molar-refractivity contribution in [3.8, 4) is 0 Å². The number of nitrogens with zero attached hydrogens (tertiary/aromatic N) is 1. The van der Waals surface area contributed by atoms with Crippen molar-refractivity contribution in [1.29, 1.82) is 0 Å². The van der Waals surface area contributed by atoms with Crippen molar-refractivity contribution in [2.75, 3.05) is 0 Å². The van der Waals surface area contributed by atoms with Gasteiger partial charge in [-0.1, -0.05) is 66.7 Å². The first-order valence-corrected chi connectivity index (χ1v) is 11.8. The van der Waals surface area contributed by atoms with Crippen LogP contribution in [0.3, 0.4) is 0 Å². The molecule has 144 valence electrons. The monoisotopic (exact) mass is 374 g/mol. The molecule has 4 nitrogen and oxygen atoms in total. The van der Waals surface area contributed by atoms with Gasteiger partial charge in [-0.05, 0) is 34.5 Å². The predicted octanol–water partition coefficient (Wildman–Crippen LogP) is 5.18. The standard InChI is InChI=1S/C21H34N2O2Si/c1-13(2)26(14(3)4,15(5)6)23-12-18(16(7)20(22)21(24)25)17-10-8-9-11-19(17)23/h8-16,20H,22H2,1-7H3,(H,24,25)/t16-,20+/m1/s1. The van der Waals surface area contributed by atoms with Crippen LogP contribution in [0.4, 0.5) is 0 Å². The van der Waals surface area contributed by atoms with E-state index in [0.29, 0.717) is 16.6 Å². The zero-order valence-corrected chi connectivity index (χ0v) is 18.2. The van der Waals surface area contributed by atoms with Crippen LogP contribution in [0.15, 0.2) is 30.5 Å². The number of benzene rings is 1. The molecular formula is C21H34N2O2Si. The summed E-state index contributed by atoms with van der Waals surface area (Å²) >= 11 is 0. The van der Waals surface area contributed by atoms with Crippen LogP contribution in [-0.4, -0.2) is 29.6 Å². The van der Waals surface area contributed by atoms with Gasteiger partial charge in [-0.15, -0.1) is 0 Å². The lowest BCUT2D eigenvalue weighted by molar-refractivity contribution is -0.138. The summed E-state index contributed by atoms with van der Waals surface area (Å²) in [5.74, 6) is -1.19. The molecule has 1 heterocycles. The van der Waals surface area contributed by atoms with Gasteiger partial charge in [0.25, 0.3) is 0 Å². The molecular weight excluding hydrogens is 340 g/mol. The maximum Gasteiger partial charge on any atom is 0.321 e. The van der Waals surface area contributed by atoms with E-state index in [1.165, 1.54) is 5.52 Å². The number of rotatable bonds is 7. The van der Waals surface area contributed by atoms with Crippen LogP contribution in [0.25, 0.3) is 10.9 Å². The Balaban J connectivity index is 2.82. The number of carboxylic acids is 1. The summed E-state index contributed by atoms with van der Waals surface area (Å²) in [6, 6.07) is 7.48. The molecule has 0 radical (unpaired) electrons. The maximum absolute atomic E-state index is 11.5. The molecule has 1 aromatic heterocycles. The molecule has 0 saturated carbocycles. The molecule has 0 amide bonds.